The second kappa shape index (κ2) is 7.02. The van der Waals surface area contributed by atoms with Gasteiger partial charge in [0.25, 0.3) is 5.91 Å². The molecule has 0 aromatic heterocycles. The molecule has 4 nitrogen and oxygen atoms in total. The molecule has 0 aliphatic heterocycles. The summed E-state index contributed by atoms with van der Waals surface area (Å²) in [7, 11) is 1.48. The molecule has 1 unspecified atom stereocenters. The molecule has 3 N–H and O–H groups in total. The van der Waals surface area contributed by atoms with Gasteiger partial charge in [0.15, 0.2) is 0 Å². The first-order chi connectivity index (χ1) is 8.58. The summed E-state index contributed by atoms with van der Waals surface area (Å²) in [5.74, 6) is 5.33. The molecular formula is C13H15ClN2O2. The first kappa shape index (κ1) is 14.5. The molecule has 0 radical (unpaired) electrons. The maximum Gasteiger partial charge on any atom is 0.253 e. The van der Waals surface area contributed by atoms with Gasteiger partial charge in [0.05, 0.1) is 11.6 Å². The Hall–Kier alpha value is -1.54. The fourth-order valence-electron chi connectivity index (χ4n) is 1.20. The minimum absolute atomic E-state index is 0.224. The van der Waals surface area contributed by atoms with Crippen molar-refractivity contribution in [2.75, 3.05) is 19.0 Å². The van der Waals surface area contributed by atoms with Crippen LogP contribution in [0.1, 0.15) is 12.5 Å². The Kier molecular flexibility index (Phi) is 5.66. The summed E-state index contributed by atoms with van der Waals surface area (Å²) in [6.45, 7) is 1.92. The highest BCUT2D eigenvalue weighted by atomic mass is 35.5. The number of carbonyl (C=O) groups is 1. The normalized spacial score (nSPS) is 11.3. The maximum absolute atomic E-state index is 11.6. The first-order valence-corrected chi connectivity index (χ1v) is 5.78. The highest BCUT2D eigenvalue weighted by Crippen LogP contribution is 2.19. The molecule has 0 aliphatic rings. The standard InChI is InChI=1S/C13H15ClN2O2/c1-9(18-2)13(17)16-11-5-6-12(14)10(8-11)4-3-7-15/h5-6,8-9H,7,15H2,1-2H3,(H,16,17). The topological polar surface area (TPSA) is 64.3 Å². The van der Waals surface area contributed by atoms with E-state index >= 15 is 0 Å². The Morgan fingerprint density at radius 3 is 2.94 bits per heavy atom. The van der Waals surface area contributed by atoms with E-state index in [9.17, 15) is 4.79 Å². The number of rotatable bonds is 3. The van der Waals surface area contributed by atoms with Crippen molar-refractivity contribution in [3.63, 3.8) is 0 Å². The molecule has 1 amide bonds. The zero-order valence-corrected chi connectivity index (χ0v) is 11.0. The van der Waals surface area contributed by atoms with Crippen LogP contribution >= 0.6 is 11.6 Å². The number of hydrogen-bond acceptors (Lipinski definition) is 3. The zero-order valence-electron chi connectivity index (χ0n) is 10.3. The van der Waals surface area contributed by atoms with Crippen LogP contribution in [-0.2, 0) is 9.53 Å². The predicted octanol–water partition coefficient (Wildman–Crippen LogP) is 1.62. The van der Waals surface area contributed by atoms with E-state index in [1.54, 1.807) is 25.1 Å². The molecule has 1 aromatic carbocycles. The van der Waals surface area contributed by atoms with E-state index in [0.717, 1.165) is 0 Å². The van der Waals surface area contributed by atoms with Crippen molar-refractivity contribution in [3.05, 3.63) is 28.8 Å². The highest BCUT2D eigenvalue weighted by Gasteiger charge is 2.11. The van der Waals surface area contributed by atoms with E-state index in [4.69, 9.17) is 22.1 Å². The molecule has 1 rings (SSSR count). The molecule has 18 heavy (non-hydrogen) atoms. The summed E-state index contributed by atoms with van der Waals surface area (Å²) in [5, 5.41) is 3.24. The molecule has 0 aliphatic carbocycles. The molecule has 0 bridgehead atoms. The Labute approximate surface area is 111 Å². The number of nitrogens with one attached hydrogen (secondary N) is 1. The lowest BCUT2D eigenvalue weighted by molar-refractivity contribution is -0.124. The fourth-order valence-corrected chi connectivity index (χ4v) is 1.36. The highest BCUT2D eigenvalue weighted by molar-refractivity contribution is 6.31. The number of halogens is 1. The van der Waals surface area contributed by atoms with Gasteiger partial charge in [-0.3, -0.25) is 4.79 Å². The van der Waals surface area contributed by atoms with E-state index in [-0.39, 0.29) is 12.5 Å². The van der Waals surface area contributed by atoms with Crippen LogP contribution in [0.5, 0.6) is 0 Å². The molecule has 0 saturated carbocycles. The molecule has 5 heteroatoms. The van der Waals surface area contributed by atoms with E-state index in [1.807, 2.05) is 0 Å². The quantitative estimate of drug-likeness (QED) is 0.817. The van der Waals surface area contributed by atoms with Gasteiger partial charge in [-0.1, -0.05) is 23.4 Å². The summed E-state index contributed by atoms with van der Waals surface area (Å²) in [6, 6.07) is 5.08. The molecular weight excluding hydrogens is 252 g/mol. The van der Waals surface area contributed by atoms with Crippen LogP contribution in [0.25, 0.3) is 0 Å². The van der Waals surface area contributed by atoms with Crippen molar-refractivity contribution in [1.29, 1.82) is 0 Å². The summed E-state index contributed by atoms with van der Waals surface area (Å²) in [5.41, 5.74) is 6.55. The minimum atomic E-state index is -0.515. The maximum atomic E-state index is 11.6. The lowest BCUT2D eigenvalue weighted by atomic mass is 10.2. The van der Waals surface area contributed by atoms with Crippen molar-refractivity contribution < 1.29 is 9.53 Å². The Bertz CT molecular complexity index is 491. The van der Waals surface area contributed by atoms with Crippen LogP contribution in [-0.4, -0.2) is 25.7 Å². The van der Waals surface area contributed by atoms with Crippen LogP contribution in [0.4, 0.5) is 5.69 Å². The lowest BCUT2D eigenvalue weighted by Gasteiger charge is -2.10. The number of ether oxygens (including phenoxy) is 1. The molecule has 0 fully saturated rings. The zero-order chi connectivity index (χ0) is 13.5. The summed E-state index contributed by atoms with van der Waals surface area (Å²) < 4.78 is 4.92. The van der Waals surface area contributed by atoms with Crippen molar-refractivity contribution >= 4 is 23.2 Å². The third-order valence-electron chi connectivity index (χ3n) is 2.28. The van der Waals surface area contributed by atoms with Crippen LogP contribution in [0.2, 0.25) is 5.02 Å². The second-order valence-electron chi connectivity index (χ2n) is 3.57. The number of hydrogen-bond donors (Lipinski definition) is 2. The summed E-state index contributed by atoms with van der Waals surface area (Å²) >= 11 is 5.98. The van der Waals surface area contributed by atoms with Gasteiger partial charge >= 0.3 is 0 Å². The van der Waals surface area contributed by atoms with Gasteiger partial charge in [-0.15, -0.1) is 0 Å². The molecule has 96 valence electrons. The van der Waals surface area contributed by atoms with Crippen LogP contribution in [0, 0.1) is 11.8 Å². The number of carbonyl (C=O) groups excluding carboxylic acids is 1. The van der Waals surface area contributed by atoms with Gasteiger partial charge in [-0.2, -0.15) is 0 Å². The summed E-state index contributed by atoms with van der Waals surface area (Å²) in [6.07, 6.45) is -0.515. The minimum Gasteiger partial charge on any atom is -0.372 e. The smallest absolute Gasteiger partial charge is 0.253 e. The molecule has 0 heterocycles. The van der Waals surface area contributed by atoms with Gasteiger partial charge in [-0.25, -0.2) is 0 Å². The van der Waals surface area contributed by atoms with Gasteiger partial charge < -0.3 is 15.8 Å². The Balaban J connectivity index is 2.88. The number of methoxy groups -OCH3 is 1. The third-order valence-corrected chi connectivity index (χ3v) is 2.61. The number of amides is 1. The SMILES string of the molecule is COC(C)C(=O)Nc1ccc(Cl)c(C#CCN)c1. The van der Waals surface area contributed by atoms with Gasteiger partial charge in [-0.05, 0) is 25.1 Å². The number of anilines is 1. The summed E-state index contributed by atoms with van der Waals surface area (Å²) in [4.78, 5) is 11.6. The lowest BCUT2D eigenvalue weighted by Crippen LogP contribution is -2.26. The van der Waals surface area contributed by atoms with Crippen LogP contribution in [0.15, 0.2) is 18.2 Å². The molecule has 1 atom stereocenters. The first-order valence-electron chi connectivity index (χ1n) is 5.40. The average molecular weight is 267 g/mol. The van der Waals surface area contributed by atoms with Crippen LogP contribution < -0.4 is 11.1 Å². The Morgan fingerprint density at radius 1 is 1.61 bits per heavy atom. The van der Waals surface area contributed by atoms with E-state index < -0.39 is 6.10 Å². The fraction of sp³-hybridized carbons (Fsp3) is 0.308. The number of nitrogens with two attached hydrogens (primary N) is 1. The second-order valence-corrected chi connectivity index (χ2v) is 3.97. The molecule has 0 saturated heterocycles. The monoisotopic (exact) mass is 266 g/mol. The average Bonchev–Trinajstić information content (AvgIpc) is 2.38. The number of benzene rings is 1. The Morgan fingerprint density at radius 2 is 2.33 bits per heavy atom. The van der Waals surface area contributed by atoms with Gasteiger partial charge in [0, 0.05) is 18.4 Å². The largest absolute Gasteiger partial charge is 0.372 e. The molecule has 1 aromatic rings. The van der Waals surface area contributed by atoms with Crippen molar-refractivity contribution in [3.8, 4) is 11.8 Å². The van der Waals surface area contributed by atoms with Gasteiger partial charge in [0.2, 0.25) is 0 Å². The molecule has 0 spiro atoms. The van der Waals surface area contributed by atoms with E-state index in [0.29, 0.717) is 16.3 Å². The van der Waals surface area contributed by atoms with Crippen LogP contribution in [0.3, 0.4) is 0 Å². The van der Waals surface area contributed by atoms with Crippen molar-refractivity contribution in [1.82, 2.24) is 0 Å². The predicted molar refractivity (Wildman–Crippen MR) is 72.5 cm³/mol. The third kappa shape index (κ3) is 4.04. The van der Waals surface area contributed by atoms with E-state index in [2.05, 4.69) is 17.2 Å². The van der Waals surface area contributed by atoms with Crippen molar-refractivity contribution in [2.24, 2.45) is 5.73 Å². The van der Waals surface area contributed by atoms with Gasteiger partial charge in [0.1, 0.15) is 6.10 Å². The van der Waals surface area contributed by atoms with Crippen molar-refractivity contribution in [2.45, 2.75) is 13.0 Å². The van der Waals surface area contributed by atoms with E-state index in [1.165, 1.54) is 7.11 Å².